The van der Waals surface area contributed by atoms with Gasteiger partial charge < -0.3 is 9.73 Å². The van der Waals surface area contributed by atoms with Crippen LogP contribution < -0.4 is 5.32 Å². The smallest absolute Gasteiger partial charge is 0.313 e. The van der Waals surface area contributed by atoms with Crippen LogP contribution in [0.5, 0.6) is 0 Å². The highest BCUT2D eigenvalue weighted by Crippen LogP contribution is 2.21. The molecular formula is C15H9ClFN3O2. The number of amides is 1. The van der Waals surface area contributed by atoms with Gasteiger partial charge >= 0.3 is 11.8 Å². The third-order valence-electron chi connectivity index (χ3n) is 2.82. The second-order valence-electron chi connectivity index (χ2n) is 4.36. The van der Waals surface area contributed by atoms with Crippen LogP contribution in [0.4, 0.5) is 10.1 Å². The predicted octanol–water partition coefficient (Wildman–Crippen LogP) is 3.78. The Kier molecular flexibility index (Phi) is 3.84. The molecule has 0 saturated carbocycles. The summed E-state index contributed by atoms with van der Waals surface area (Å²) >= 11 is 5.65. The first-order chi connectivity index (χ1) is 10.6. The van der Waals surface area contributed by atoms with Crippen LogP contribution in [0.15, 0.2) is 52.9 Å². The summed E-state index contributed by atoms with van der Waals surface area (Å²) in [6.07, 6.45) is 0. The van der Waals surface area contributed by atoms with Crippen molar-refractivity contribution in [3.8, 4) is 11.5 Å². The molecule has 0 aliphatic heterocycles. The van der Waals surface area contributed by atoms with Gasteiger partial charge in [0.1, 0.15) is 5.82 Å². The number of hydrogen-bond acceptors (Lipinski definition) is 4. The number of aromatic nitrogens is 2. The molecule has 3 aromatic rings. The average molecular weight is 318 g/mol. The van der Waals surface area contributed by atoms with E-state index < -0.39 is 11.7 Å². The molecular weight excluding hydrogens is 309 g/mol. The molecule has 1 amide bonds. The van der Waals surface area contributed by atoms with Crippen molar-refractivity contribution in [2.75, 3.05) is 5.32 Å². The zero-order chi connectivity index (χ0) is 15.5. The van der Waals surface area contributed by atoms with Crippen LogP contribution in [0.3, 0.4) is 0 Å². The molecule has 0 aliphatic rings. The van der Waals surface area contributed by atoms with Gasteiger partial charge in [-0.1, -0.05) is 29.8 Å². The Morgan fingerprint density at radius 2 is 1.91 bits per heavy atom. The Labute approximate surface area is 129 Å². The molecule has 22 heavy (non-hydrogen) atoms. The molecule has 110 valence electrons. The number of anilines is 1. The third kappa shape index (κ3) is 2.96. The van der Waals surface area contributed by atoms with Gasteiger partial charge in [0.05, 0.1) is 5.02 Å². The molecule has 0 radical (unpaired) electrons. The van der Waals surface area contributed by atoms with Crippen molar-refractivity contribution in [2.24, 2.45) is 0 Å². The van der Waals surface area contributed by atoms with Crippen molar-refractivity contribution < 1.29 is 13.6 Å². The summed E-state index contributed by atoms with van der Waals surface area (Å²) in [6, 6.07) is 12.9. The number of nitrogens with zero attached hydrogens (tertiary/aromatic N) is 2. The molecule has 2 aromatic carbocycles. The molecule has 0 unspecified atom stereocenters. The Bertz CT molecular complexity index is 821. The normalized spacial score (nSPS) is 10.5. The van der Waals surface area contributed by atoms with Crippen molar-refractivity contribution >= 4 is 23.2 Å². The number of nitrogens with one attached hydrogen (secondary N) is 1. The van der Waals surface area contributed by atoms with E-state index in [4.69, 9.17) is 16.0 Å². The van der Waals surface area contributed by atoms with E-state index >= 15 is 0 Å². The number of carbonyl (C=O) groups is 1. The van der Waals surface area contributed by atoms with Gasteiger partial charge in [0, 0.05) is 11.3 Å². The van der Waals surface area contributed by atoms with E-state index in [9.17, 15) is 9.18 Å². The van der Waals surface area contributed by atoms with Gasteiger partial charge in [0.15, 0.2) is 0 Å². The lowest BCUT2D eigenvalue weighted by Crippen LogP contribution is -2.12. The fourth-order valence-corrected chi connectivity index (χ4v) is 1.95. The average Bonchev–Trinajstić information content (AvgIpc) is 3.02. The summed E-state index contributed by atoms with van der Waals surface area (Å²) in [7, 11) is 0. The fraction of sp³-hybridized carbons (Fsp3) is 0. The minimum atomic E-state index is -0.600. The Hall–Kier alpha value is -2.73. The highest BCUT2D eigenvalue weighted by molar-refractivity contribution is 6.31. The quantitative estimate of drug-likeness (QED) is 0.798. The van der Waals surface area contributed by atoms with Gasteiger partial charge in [0.2, 0.25) is 5.89 Å². The maximum Gasteiger partial charge on any atom is 0.313 e. The Morgan fingerprint density at radius 1 is 1.14 bits per heavy atom. The van der Waals surface area contributed by atoms with Gasteiger partial charge in [-0.3, -0.25) is 4.79 Å². The van der Waals surface area contributed by atoms with Crippen LogP contribution in [0, 0.1) is 5.82 Å². The van der Waals surface area contributed by atoms with Crippen molar-refractivity contribution in [3.63, 3.8) is 0 Å². The van der Waals surface area contributed by atoms with Gasteiger partial charge in [-0.2, -0.15) is 0 Å². The highest BCUT2D eigenvalue weighted by atomic mass is 35.5. The molecule has 0 bridgehead atoms. The maximum atomic E-state index is 13.1. The molecule has 7 heteroatoms. The maximum absolute atomic E-state index is 13.1. The monoisotopic (exact) mass is 317 g/mol. The lowest BCUT2D eigenvalue weighted by Gasteiger charge is -2.02. The van der Waals surface area contributed by atoms with Crippen molar-refractivity contribution in [2.45, 2.75) is 0 Å². The van der Waals surface area contributed by atoms with Crippen LogP contribution in [0.2, 0.25) is 5.02 Å². The summed E-state index contributed by atoms with van der Waals surface area (Å²) < 4.78 is 18.4. The molecule has 0 saturated heterocycles. The molecule has 1 aromatic heterocycles. The lowest BCUT2D eigenvalue weighted by atomic mass is 10.2. The predicted molar refractivity (Wildman–Crippen MR) is 79.1 cm³/mol. The molecule has 5 nitrogen and oxygen atoms in total. The second kappa shape index (κ2) is 5.95. The van der Waals surface area contributed by atoms with Crippen molar-refractivity contribution in [3.05, 3.63) is 65.3 Å². The topological polar surface area (TPSA) is 68.0 Å². The summed E-state index contributed by atoms with van der Waals surface area (Å²) in [5.74, 6) is -1.12. The molecule has 0 fully saturated rings. The molecule has 3 rings (SSSR count). The van der Waals surface area contributed by atoms with Crippen LogP contribution in [-0.4, -0.2) is 16.1 Å². The largest absolute Gasteiger partial charge is 0.412 e. The summed E-state index contributed by atoms with van der Waals surface area (Å²) in [5, 5.41) is 9.93. The zero-order valence-electron chi connectivity index (χ0n) is 11.1. The van der Waals surface area contributed by atoms with E-state index in [-0.39, 0.29) is 16.8 Å². The van der Waals surface area contributed by atoms with Crippen molar-refractivity contribution in [1.82, 2.24) is 10.2 Å². The Morgan fingerprint density at radius 3 is 2.64 bits per heavy atom. The van der Waals surface area contributed by atoms with E-state index in [2.05, 4.69) is 15.5 Å². The lowest BCUT2D eigenvalue weighted by molar-refractivity contribution is 0.0991. The van der Waals surface area contributed by atoms with Crippen molar-refractivity contribution in [1.29, 1.82) is 0 Å². The third-order valence-corrected chi connectivity index (χ3v) is 3.11. The van der Waals surface area contributed by atoms with Gasteiger partial charge in [-0.05, 0) is 30.3 Å². The zero-order valence-corrected chi connectivity index (χ0v) is 11.8. The van der Waals surface area contributed by atoms with E-state index in [1.165, 1.54) is 12.1 Å². The minimum absolute atomic E-state index is 0.0895. The molecule has 0 atom stereocenters. The van der Waals surface area contributed by atoms with E-state index in [1.807, 2.05) is 18.2 Å². The van der Waals surface area contributed by atoms with Crippen LogP contribution in [0.25, 0.3) is 11.5 Å². The Balaban J connectivity index is 1.78. The van der Waals surface area contributed by atoms with Gasteiger partial charge in [0.25, 0.3) is 0 Å². The van der Waals surface area contributed by atoms with E-state index in [1.54, 1.807) is 12.1 Å². The number of carbonyl (C=O) groups excluding carboxylic acids is 1. The number of hydrogen-bond donors (Lipinski definition) is 1. The first-order valence-corrected chi connectivity index (χ1v) is 6.66. The summed E-state index contributed by atoms with van der Waals surface area (Å²) in [6.45, 7) is 0. The van der Waals surface area contributed by atoms with Crippen LogP contribution in [0.1, 0.15) is 10.7 Å². The fourth-order valence-electron chi connectivity index (χ4n) is 1.77. The second-order valence-corrected chi connectivity index (χ2v) is 4.77. The van der Waals surface area contributed by atoms with Crippen LogP contribution >= 0.6 is 11.6 Å². The number of rotatable bonds is 3. The number of benzene rings is 2. The SMILES string of the molecule is O=C(Nc1ccc(F)c(Cl)c1)c1nnc(-c2ccccc2)o1. The summed E-state index contributed by atoms with van der Waals surface area (Å²) in [5.41, 5.74) is 1.04. The first kappa shape index (κ1) is 14.2. The molecule has 0 spiro atoms. The molecule has 1 N–H and O–H groups in total. The van der Waals surface area contributed by atoms with Gasteiger partial charge in [-0.25, -0.2) is 4.39 Å². The van der Waals surface area contributed by atoms with E-state index in [0.29, 0.717) is 11.3 Å². The molecule has 0 aliphatic carbocycles. The van der Waals surface area contributed by atoms with E-state index in [0.717, 1.165) is 6.07 Å². The minimum Gasteiger partial charge on any atom is -0.412 e. The van der Waals surface area contributed by atoms with Gasteiger partial charge in [-0.15, -0.1) is 10.2 Å². The molecule has 1 heterocycles. The standard InChI is InChI=1S/C15H9ClFN3O2/c16-11-8-10(6-7-12(11)17)18-13(21)15-20-19-14(22-15)9-4-2-1-3-5-9/h1-8H,(H,18,21). The summed E-state index contributed by atoms with van der Waals surface area (Å²) in [4.78, 5) is 12.0. The highest BCUT2D eigenvalue weighted by Gasteiger charge is 2.16. The first-order valence-electron chi connectivity index (χ1n) is 6.29. The number of halogens is 2. The van der Waals surface area contributed by atoms with Crippen LogP contribution in [-0.2, 0) is 0 Å².